The zero-order valence-electron chi connectivity index (χ0n) is 16.9. The second-order valence-electron chi connectivity index (χ2n) is 6.70. The molecule has 1 aliphatic heterocycles. The van der Waals surface area contributed by atoms with Crippen LogP contribution in [-0.4, -0.2) is 26.0 Å². The summed E-state index contributed by atoms with van der Waals surface area (Å²) in [6.45, 7) is 0. The molecule has 1 N–H and O–H groups in total. The van der Waals surface area contributed by atoms with Crippen LogP contribution >= 0.6 is 0 Å². The summed E-state index contributed by atoms with van der Waals surface area (Å²) < 4.78 is 24.1. The lowest BCUT2D eigenvalue weighted by Gasteiger charge is -2.18. The van der Waals surface area contributed by atoms with Crippen molar-refractivity contribution < 1.29 is 23.5 Å². The summed E-state index contributed by atoms with van der Waals surface area (Å²) in [4.78, 5) is 28.1. The molecule has 0 saturated heterocycles. The van der Waals surface area contributed by atoms with Crippen LogP contribution in [0.1, 0.15) is 5.56 Å². The molecule has 6 nitrogen and oxygen atoms in total. The minimum atomic E-state index is -0.556. The van der Waals surface area contributed by atoms with Gasteiger partial charge in [0.2, 0.25) is 0 Å². The number of benzene rings is 3. The first kappa shape index (κ1) is 20.2. The lowest BCUT2D eigenvalue weighted by atomic mass is 10.0. The predicted molar refractivity (Wildman–Crippen MR) is 115 cm³/mol. The van der Waals surface area contributed by atoms with Crippen molar-refractivity contribution in [3.8, 4) is 11.5 Å². The van der Waals surface area contributed by atoms with Gasteiger partial charge in [0, 0.05) is 11.3 Å². The monoisotopic (exact) mass is 418 g/mol. The number of anilines is 2. The maximum atomic E-state index is 13.5. The number of carbonyl (C=O) groups is 2. The molecule has 3 aromatic rings. The minimum Gasteiger partial charge on any atom is -0.496 e. The number of ether oxygens (including phenoxy) is 2. The third-order valence-electron chi connectivity index (χ3n) is 4.90. The Morgan fingerprint density at radius 2 is 1.39 bits per heavy atom. The fourth-order valence-electron chi connectivity index (χ4n) is 3.46. The van der Waals surface area contributed by atoms with E-state index >= 15 is 0 Å². The van der Waals surface area contributed by atoms with Crippen molar-refractivity contribution in [3.63, 3.8) is 0 Å². The van der Waals surface area contributed by atoms with Crippen LogP contribution in [0.5, 0.6) is 11.5 Å². The van der Waals surface area contributed by atoms with E-state index in [4.69, 9.17) is 9.47 Å². The van der Waals surface area contributed by atoms with E-state index in [2.05, 4.69) is 5.32 Å². The van der Waals surface area contributed by atoms with Gasteiger partial charge in [-0.15, -0.1) is 0 Å². The molecular formula is C24H19FN2O4. The standard InChI is InChI=1S/C24H19FN2O4/c1-30-19-9-5-3-7-17(19)21-22(26-16-13-11-15(25)12-14-16)24(29)27(23(21)28)18-8-4-6-10-20(18)31-2/h3-14,26H,1-2H3. The molecule has 0 aliphatic carbocycles. The molecule has 0 atom stereocenters. The quantitative estimate of drug-likeness (QED) is 0.607. The van der Waals surface area contributed by atoms with Crippen LogP contribution in [0.25, 0.3) is 5.57 Å². The second-order valence-corrected chi connectivity index (χ2v) is 6.70. The predicted octanol–water partition coefficient (Wildman–Crippen LogP) is 4.24. The summed E-state index contributed by atoms with van der Waals surface area (Å²) in [5.41, 5.74) is 1.46. The summed E-state index contributed by atoms with van der Waals surface area (Å²) in [5, 5.41) is 2.99. The zero-order valence-corrected chi connectivity index (χ0v) is 16.9. The fraction of sp³-hybridized carbons (Fsp3) is 0.0833. The maximum Gasteiger partial charge on any atom is 0.282 e. The van der Waals surface area contributed by atoms with Gasteiger partial charge in [0.15, 0.2) is 0 Å². The molecule has 2 amide bonds. The molecule has 0 spiro atoms. The molecule has 7 heteroatoms. The fourth-order valence-corrected chi connectivity index (χ4v) is 3.46. The van der Waals surface area contributed by atoms with Crippen LogP contribution in [0.15, 0.2) is 78.5 Å². The van der Waals surface area contributed by atoms with E-state index in [1.54, 1.807) is 48.5 Å². The van der Waals surface area contributed by atoms with Gasteiger partial charge in [0.1, 0.15) is 23.0 Å². The van der Waals surface area contributed by atoms with Crippen molar-refractivity contribution in [2.24, 2.45) is 0 Å². The lowest BCUT2D eigenvalue weighted by Crippen LogP contribution is -2.32. The highest BCUT2D eigenvalue weighted by Gasteiger charge is 2.42. The number of rotatable bonds is 6. The van der Waals surface area contributed by atoms with Crippen molar-refractivity contribution in [3.05, 3.63) is 89.9 Å². The number of imide groups is 1. The van der Waals surface area contributed by atoms with Gasteiger partial charge < -0.3 is 14.8 Å². The van der Waals surface area contributed by atoms with Crippen molar-refractivity contribution in [2.45, 2.75) is 0 Å². The van der Waals surface area contributed by atoms with Crippen LogP contribution in [0, 0.1) is 5.82 Å². The number of halogens is 1. The first-order valence-electron chi connectivity index (χ1n) is 9.47. The molecule has 0 bridgehead atoms. The van der Waals surface area contributed by atoms with E-state index in [0.717, 1.165) is 4.90 Å². The number of nitrogens with one attached hydrogen (secondary N) is 1. The Morgan fingerprint density at radius 3 is 2.06 bits per heavy atom. The van der Waals surface area contributed by atoms with Crippen molar-refractivity contribution >= 4 is 28.8 Å². The number of methoxy groups -OCH3 is 2. The number of nitrogens with zero attached hydrogens (tertiary/aromatic N) is 1. The second kappa shape index (κ2) is 8.31. The van der Waals surface area contributed by atoms with Gasteiger partial charge in [-0.1, -0.05) is 30.3 Å². The molecule has 0 radical (unpaired) electrons. The topological polar surface area (TPSA) is 67.9 Å². The molecule has 0 fully saturated rings. The Bertz CT molecular complexity index is 1190. The number of amides is 2. The van der Waals surface area contributed by atoms with Crippen molar-refractivity contribution in [1.29, 1.82) is 0 Å². The highest BCUT2D eigenvalue weighted by atomic mass is 19.1. The van der Waals surface area contributed by atoms with Gasteiger partial charge >= 0.3 is 0 Å². The molecule has 31 heavy (non-hydrogen) atoms. The van der Waals surface area contributed by atoms with Gasteiger partial charge in [-0.05, 0) is 42.5 Å². The van der Waals surface area contributed by atoms with Crippen molar-refractivity contribution in [2.75, 3.05) is 24.4 Å². The molecule has 0 aromatic heterocycles. The van der Waals surface area contributed by atoms with Gasteiger partial charge in [-0.25, -0.2) is 9.29 Å². The number of hydrogen-bond donors (Lipinski definition) is 1. The lowest BCUT2D eigenvalue weighted by molar-refractivity contribution is -0.120. The molecular weight excluding hydrogens is 399 g/mol. The number of carbonyl (C=O) groups excluding carboxylic acids is 2. The van der Waals surface area contributed by atoms with Gasteiger partial charge in [-0.2, -0.15) is 0 Å². The van der Waals surface area contributed by atoms with E-state index in [1.807, 2.05) is 0 Å². The summed E-state index contributed by atoms with van der Waals surface area (Å²) in [6, 6.07) is 19.2. The minimum absolute atomic E-state index is 0.0621. The van der Waals surface area contributed by atoms with Crippen molar-refractivity contribution in [1.82, 2.24) is 0 Å². The average Bonchev–Trinajstić information content (AvgIpc) is 3.04. The Morgan fingerprint density at radius 1 is 0.774 bits per heavy atom. The Kier molecular flexibility index (Phi) is 5.41. The summed E-state index contributed by atoms with van der Waals surface area (Å²) in [7, 11) is 2.96. The average molecular weight is 418 g/mol. The maximum absolute atomic E-state index is 13.5. The largest absolute Gasteiger partial charge is 0.496 e. The highest BCUT2D eigenvalue weighted by Crippen LogP contribution is 2.39. The molecule has 0 unspecified atom stereocenters. The summed E-state index contributed by atoms with van der Waals surface area (Å²) in [5.74, 6) is -0.664. The first-order valence-corrected chi connectivity index (χ1v) is 9.47. The zero-order chi connectivity index (χ0) is 22.0. The van der Waals surface area contributed by atoms with E-state index in [1.165, 1.54) is 38.5 Å². The summed E-state index contributed by atoms with van der Waals surface area (Å²) in [6.07, 6.45) is 0. The molecule has 3 aromatic carbocycles. The Balaban J connectivity index is 1.88. The van der Waals surface area contributed by atoms with E-state index in [-0.39, 0.29) is 11.3 Å². The normalized spacial score (nSPS) is 13.6. The third kappa shape index (κ3) is 3.61. The molecule has 1 aliphatic rings. The van der Waals surface area contributed by atoms with E-state index in [9.17, 15) is 14.0 Å². The van der Waals surface area contributed by atoms with E-state index in [0.29, 0.717) is 28.4 Å². The molecule has 1 heterocycles. The smallest absolute Gasteiger partial charge is 0.282 e. The van der Waals surface area contributed by atoms with Gasteiger partial charge in [0.05, 0.1) is 25.5 Å². The Labute approximate surface area is 178 Å². The van der Waals surface area contributed by atoms with Crippen LogP contribution in [0.3, 0.4) is 0 Å². The summed E-state index contributed by atoms with van der Waals surface area (Å²) >= 11 is 0. The highest BCUT2D eigenvalue weighted by molar-refractivity contribution is 6.46. The SMILES string of the molecule is COc1ccccc1C1=C(Nc2ccc(F)cc2)C(=O)N(c2ccccc2OC)C1=O. The molecule has 156 valence electrons. The van der Waals surface area contributed by atoms with Crippen LogP contribution in [-0.2, 0) is 9.59 Å². The van der Waals surface area contributed by atoms with E-state index < -0.39 is 17.6 Å². The van der Waals surface area contributed by atoms with Gasteiger partial charge in [0.25, 0.3) is 11.8 Å². The van der Waals surface area contributed by atoms with Crippen LogP contribution < -0.4 is 19.7 Å². The number of para-hydroxylation sites is 3. The Hall–Kier alpha value is -4.13. The van der Waals surface area contributed by atoms with Crippen LogP contribution in [0.2, 0.25) is 0 Å². The molecule has 4 rings (SSSR count). The van der Waals surface area contributed by atoms with Gasteiger partial charge in [-0.3, -0.25) is 9.59 Å². The number of hydrogen-bond acceptors (Lipinski definition) is 5. The van der Waals surface area contributed by atoms with Crippen LogP contribution in [0.4, 0.5) is 15.8 Å². The molecule has 0 saturated carbocycles. The first-order chi connectivity index (χ1) is 15.0. The third-order valence-corrected chi connectivity index (χ3v) is 4.90.